The van der Waals surface area contributed by atoms with Crippen molar-refractivity contribution in [3.8, 4) is 6.07 Å². The fourth-order valence-corrected chi connectivity index (χ4v) is 1.47. The quantitative estimate of drug-likeness (QED) is 0.714. The number of ketones is 1. The molecule has 0 bridgehead atoms. The summed E-state index contributed by atoms with van der Waals surface area (Å²) in [5.41, 5.74) is -2.54. The van der Waals surface area contributed by atoms with Gasteiger partial charge in [0.05, 0.1) is 16.1 Å². The van der Waals surface area contributed by atoms with E-state index >= 15 is 0 Å². The standard InChI is InChI=1S/C10H5ClF3NO/c1-5(16)6-2-3-8(11)7(4-15)9(6)10(12,13)14/h2-3H,1H3. The molecule has 6 heteroatoms. The maximum absolute atomic E-state index is 12.7. The Balaban J connectivity index is 3.70. The zero-order valence-corrected chi connectivity index (χ0v) is 8.78. The number of nitriles is 1. The maximum Gasteiger partial charge on any atom is 0.418 e. The van der Waals surface area contributed by atoms with E-state index in [1.807, 2.05) is 0 Å². The van der Waals surface area contributed by atoms with Gasteiger partial charge in [-0.25, -0.2) is 0 Å². The summed E-state index contributed by atoms with van der Waals surface area (Å²) >= 11 is 5.48. The van der Waals surface area contributed by atoms with Gasteiger partial charge in [0.1, 0.15) is 6.07 Å². The monoisotopic (exact) mass is 247 g/mol. The van der Waals surface area contributed by atoms with Crippen molar-refractivity contribution in [3.05, 3.63) is 33.8 Å². The first-order chi connectivity index (χ1) is 7.29. The van der Waals surface area contributed by atoms with Crippen LogP contribution >= 0.6 is 11.6 Å². The predicted molar refractivity (Wildman–Crippen MR) is 51.2 cm³/mol. The van der Waals surface area contributed by atoms with Gasteiger partial charge in [-0.2, -0.15) is 18.4 Å². The number of Topliss-reactive ketones (excluding diaryl/α,β-unsaturated/α-hetero) is 1. The molecule has 1 aromatic rings. The third-order valence-corrected chi connectivity index (χ3v) is 2.24. The van der Waals surface area contributed by atoms with E-state index < -0.39 is 28.6 Å². The molecule has 0 aliphatic heterocycles. The van der Waals surface area contributed by atoms with Crippen molar-refractivity contribution in [1.29, 1.82) is 5.26 Å². The maximum atomic E-state index is 12.7. The third-order valence-electron chi connectivity index (χ3n) is 1.93. The number of rotatable bonds is 1. The molecular formula is C10H5ClF3NO. The van der Waals surface area contributed by atoms with Gasteiger partial charge in [0.2, 0.25) is 0 Å². The van der Waals surface area contributed by atoms with Crippen molar-refractivity contribution in [2.24, 2.45) is 0 Å². The molecule has 0 spiro atoms. The first kappa shape index (κ1) is 12.5. The second-order valence-electron chi connectivity index (χ2n) is 3.01. The van der Waals surface area contributed by atoms with Gasteiger partial charge in [-0.15, -0.1) is 0 Å². The van der Waals surface area contributed by atoms with E-state index in [0.717, 1.165) is 19.1 Å². The molecule has 0 saturated carbocycles. The van der Waals surface area contributed by atoms with Gasteiger partial charge in [0.25, 0.3) is 0 Å². The van der Waals surface area contributed by atoms with Crippen LogP contribution in [0.5, 0.6) is 0 Å². The topological polar surface area (TPSA) is 40.9 Å². The highest BCUT2D eigenvalue weighted by Gasteiger charge is 2.38. The number of hydrogen-bond acceptors (Lipinski definition) is 2. The van der Waals surface area contributed by atoms with Crippen LogP contribution in [0.4, 0.5) is 13.2 Å². The van der Waals surface area contributed by atoms with Crippen molar-refractivity contribution < 1.29 is 18.0 Å². The van der Waals surface area contributed by atoms with Gasteiger partial charge in [-0.05, 0) is 19.1 Å². The minimum absolute atomic E-state index is 0.320. The molecule has 1 aromatic carbocycles. The summed E-state index contributed by atoms with van der Waals surface area (Å²) in [6.45, 7) is 1.000. The van der Waals surface area contributed by atoms with Crippen LogP contribution in [-0.4, -0.2) is 5.78 Å². The molecule has 0 fully saturated rings. The molecule has 0 N–H and O–H groups in total. The SMILES string of the molecule is CC(=O)c1ccc(Cl)c(C#N)c1C(F)(F)F. The number of hydrogen-bond donors (Lipinski definition) is 0. The lowest BCUT2D eigenvalue weighted by molar-refractivity contribution is -0.138. The van der Waals surface area contributed by atoms with Gasteiger partial charge in [0.15, 0.2) is 5.78 Å². The van der Waals surface area contributed by atoms with E-state index in [1.54, 1.807) is 0 Å². The molecule has 2 nitrogen and oxygen atoms in total. The molecule has 0 radical (unpaired) electrons. The Kier molecular flexibility index (Phi) is 3.24. The Morgan fingerprint density at radius 1 is 1.44 bits per heavy atom. The normalized spacial score (nSPS) is 11.0. The fourth-order valence-electron chi connectivity index (χ4n) is 1.27. The van der Waals surface area contributed by atoms with E-state index in [-0.39, 0.29) is 5.02 Å². The lowest BCUT2D eigenvalue weighted by atomic mass is 9.98. The summed E-state index contributed by atoms with van der Waals surface area (Å²) in [5, 5.41) is 8.30. The number of halogens is 4. The first-order valence-corrected chi connectivity index (χ1v) is 4.47. The minimum atomic E-state index is -4.78. The molecule has 16 heavy (non-hydrogen) atoms. The van der Waals surface area contributed by atoms with Crippen LogP contribution in [0.1, 0.15) is 28.4 Å². The number of alkyl halides is 3. The Labute approximate surface area is 94.2 Å². The third kappa shape index (κ3) is 2.17. The van der Waals surface area contributed by atoms with Crippen molar-refractivity contribution in [2.75, 3.05) is 0 Å². The predicted octanol–water partition coefficient (Wildman–Crippen LogP) is 3.43. The van der Waals surface area contributed by atoms with Crippen molar-refractivity contribution in [2.45, 2.75) is 13.1 Å². The fraction of sp³-hybridized carbons (Fsp3) is 0.200. The highest BCUT2D eigenvalue weighted by Crippen LogP contribution is 2.37. The van der Waals surface area contributed by atoms with Crippen LogP contribution in [-0.2, 0) is 6.18 Å². The lowest BCUT2D eigenvalue weighted by Gasteiger charge is -2.13. The molecule has 0 atom stereocenters. The summed E-state index contributed by atoms with van der Waals surface area (Å²) in [5.74, 6) is -0.763. The van der Waals surface area contributed by atoms with Gasteiger partial charge in [0, 0.05) is 5.56 Å². The molecule has 1 rings (SSSR count). The molecule has 0 aromatic heterocycles. The van der Waals surface area contributed by atoms with E-state index in [9.17, 15) is 18.0 Å². The highest BCUT2D eigenvalue weighted by atomic mass is 35.5. The van der Waals surface area contributed by atoms with Gasteiger partial charge in [-0.3, -0.25) is 4.79 Å². The molecule has 0 amide bonds. The van der Waals surface area contributed by atoms with Crippen LogP contribution in [0.15, 0.2) is 12.1 Å². The van der Waals surface area contributed by atoms with Gasteiger partial charge >= 0.3 is 6.18 Å². The van der Waals surface area contributed by atoms with E-state index in [1.165, 1.54) is 6.07 Å². The van der Waals surface area contributed by atoms with E-state index in [2.05, 4.69) is 0 Å². The first-order valence-electron chi connectivity index (χ1n) is 4.09. The molecule has 0 saturated heterocycles. The van der Waals surface area contributed by atoms with Crippen LogP contribution in [0.3, 0.4) is 0 Å². The lowest BCUT2D eigenvalue weighted by Crippen LogP contribution is -2.14. The molecule has 0 aliphatic rings. The smallest absolute Gasteiger partial charge is 0.294 e. The van der Waals surface area contributed by atoms with E-state index in [0.29, 0.717) is 0 Å². The number of nitrogens with zero attached hydrogens (tertiary/aromatic N) is 1. The second-order valence-corrected chi connectivity index (χ2v) is 3.42. The Bertz CT molecular complexity index is 488. The number of carbonyl (C=O) groups excluding carboxylic acids is 1. The highest BCUT2D eigenvalue weighted by molar-refractivity contribution is 6.32. The molecule has 0 unspecified atom stereocenters. The summed E-state index contributed by atoms with van der Waals surface area (Å²) in [4.78, 5) is 11.0. The van der Waals surface area contributed by atoms with Gasteiger partial charge in [-0.1, -0.05) is 11.6 Å². The summed E-state index contributed by atoms with van der Waals surface area (Å²) in [7, 11) is 0. The van der Waals surface area contributed by atoms with Gasteiger partial charge < -0.3 is 0 Å². The van der Waals surface area contributed by atoms with Crippen molar-refractivity contribution in [3.63, 3.8) is 0 Å². The molecule has 0 heterocycles. The minimum Gasteiger partial charge on any atom is -0.294 e. The van der Waals surface area contributed by atoms with Crippen LogP contribution < -0.4 is 0 Å². The van der Waals surface area contributed by atoms with Crippen LogP contribution in [0.2, 0.25) is 5.02 Å². The Morgan fingerprint density at radius 2 is 2.00 bits per heavy atom. The largest absolute Gasteiger partial charge is 0.418 e. The molecule has 0 aliphatic carbocycles. The van der Waals surface area contributed by atoms with Crippen molar-refractivity contribution in [1.82, 2.24) is 0 Å². The zero-order valence-electron chi connectivity index (χ0n) is 8.02. The average molecular weight is 248 g/mol. The van der Waals surface area contributed by atoms with E-state index in [4.69, 9.17) is 16.9 Å². The van der Waals surface area contributed by atoms with Crippen LogP contribution in [0.25, 0.3) is 0 Å². The average Bonchev–Trinajstić information content (AvgIpc) is 2.15. The number of carbonyl (C=O) groups is 1. The Hall–Kier alpha value is -1.54. The Morgan fingerprint density at radius 3 is 2.38 bits per heavy atom. The zero-order chi connectivity index (χ0) is 12.5. The summed E-state index contributed by atoms with van der Waals surface area (Å²) in [6, 6.07) is 3.43. The molecule has 84 valence electrons. The number of benzene rings is 1. The van der Waals surface area contributed by atoms with Crippen molar-refractivity contribution >= 4 is 17.4 Å². The second kappa shape index (κ2) is 4.14. The molecular weight excluding hydrogens is 243 g/mol. The summed E-state index contributed by atoms with van der Waals surface area (Å²) in [6.07, 6.45) is -4.78. The van der Waals surface area contributed by atoms with Crippen LogP contribution in [0, 0.1) is 11.3 Å². The summed E-state index contributed by atoms with van der Waals surface area (Å²) < 4.78 is 38.0.